The summed E-state index contributed by atoms with van der Waals surface area (Å²) in [6.07, 6.45) is 1.51. The highest BCUT2D eigenvalue weighted by Gasteiger charge is 2.15. The minimum atomic E-state index is -0.315. The van der Waals surface area contributed by atoms with Gasteiger partial charge in [-0.05, 0) is 63.1 Å². The fourth-order valence-electron chi connectivity index (χ4n) is 2.99. The Kier molecular flexibility index (Phi) is 4.80. The number of hydrogen-bond donors (Lipinski definition) is 1. The summed E-state index contributed by atoms with van der Waals surface area (Å²) in [5.41, 5.74) is 5.67. The zero-order valence-corrected chi connectivity index (χ0v) is 15.2. The zero-order chi connectivity index (χ0) is 18.8. The van der Waals surface area contributed by atoms with Gasteiger partial charge in [-0.1, -0.05) is 17.7 Å². The molecule has 0 radical (unpaired) electrons. The van der Waals surface area contributed by atoms with E-state index in [0.29, 0.717) is 22.6 Å². The van der Waals surface area contributed by atoms with Crippen molar-refractivity contribution in [1.82, 2.24) is 9.97 Å². The predicted octanol–water partition coefficient (Wildman–Crippen LogP) is 4.77. The number of aryl methyl sites for hydroxylation is 4. The highest BCUT2D eigenvalue weighted by molar-refractivity contribution is 6.05. The van der Waals surface area contributed by atoms with Crippen molar-refractivity contribution in [3.05, 3.63) is 76.4 Å². The van der Waals surface area contributed by atoms with E-state index < -0.39 is 0 Å². The normalized spacial score (nSPS) is 10.7. The summed E-state index contributed by atoms with van der Waals surface area (Å²) >= 11 is 0. The van der Waals surface area contributed by atoms with E-state index in [2.05, 4.69) is 15.3 Å². The van der Waals surface area contributed by atoms with Gasteiger partial charge in [-0.25, -0.2) is 14.4 Å². The monoisotopic (exact) mass is 349 g/mol. The van der Waals surface area contributed by atoms with Gasteiger partial charge in [-0.2, -0.15) is 0 Å². The van der Waals surface area contributed by atoms with Crippen molar-refractivity contribution in [3.8, 4) is 11.4 Å². The molecule has 1 N–H and O–H groups in total. The van der Waals surface area contributed by atoms with Crippen LogP contribution in [0, 0.1) is 33.5 Å². The molecule has 0 saturated carbocycles. The lowest BCUT2D eigenvalue weighted by Crippen LogP contribution is -2.16. The van der Waals surface area contributed by atoms with Crippen LogP contribution in [0.4, 0.5) is 10.1 Å². The van der Waals surface area contributed by atoms with Gasteiger partial charge in [0.2, 0.25) is 0 Å². The molecule has 5 heteroatoms. The number of anilines is 1. The van der Waals surface area contributed by atoms with Gasteiger partial charge in [0.1, 0.15) is 5.82 Å². The van der Waals surface area contributed by atoms with Gasteiger partial charge in [-0.15, -0.1) is 0 Å². The van der Waals surface area contributed by atoms with E-state index in [0.717, 1.165) is 22.4 Å². The van der Waals surface area contributed by atoms with E-state index in [1.165, 1.54) is 18.3 Å². The van der Waals surface area contributed by atoms with Crippen LogP contribution >= 0.6 is 0 Å². The Morgan fingerprint density at radius 2 is 1.62 bits per heavy atom. The van der Waals surface area contributed by atoms with Gasteiger partial charge < -0.3 is 5.32 Å². The number of hydrogen-bond acceptors (Lipinski definition) is 3. The quantitative estimate of drug-likeness (QED) is 0.741. The molecule has 3 aromatic rings. The van der Waals surface area contributed by atoms with Crippen LogP contribution in [0.5, 0.6) is 0 Å². The molecule has 4 nitrogen and oxygen atoms in total. The molecule has 1 heterocycles. The molecule has 0 aliphatic carbocycles. The summed E-state index contributed by atoms with van der Waals surface area (Å²) in [7, 11) is 0. The van der Waals surface area contributed by atoms with Crippen molar-refractivity contribution in [3.63, 3.8) is 0 Å². The number of aromatic nitrogens is 2. The maximum atomic E-state index is 13.1. The third-order valence-electron chi connectivity index (χ3n) is 4.24. The minimum absolute atomic E-state index is 0.247. The molecule has 0 unspecified atom stereocenters. The van der Waals surface area contributed by atoms with Crippen molar-refractivity contribution in [1.29, 1.82) is 0 Å². The highest BCUT2D eigenvalue weighted by atomic mass is 19.1. The van der Waals surface area contributed by atoms with Crippen molar-refractivity contribution in [2.24, 2.45) is 0 Å². The Morgan fingerprint density at radius 1 is 1.00 bits per heavy atom. The molecule has 0 saturated heterocycles. The van der Waals surface area contributed by atoms with Crippen LogP contribution < -0.4 is 5.32 Å². The lowest BCUT2D eigenvalue weighted by molar-refractivity contribution is 0.102. The SMILES string of the molecule is Cc1cc(C)c(NC(=O)c2cnc(-c3ccc(F)cc3)nc2C)c(C)c1. The first-order valence-electron chi connectivity index (χ1n) is 8.34. The highest BCUT2D eigenvalue weighted by Crippen LogP contribution is 2.23. The molecule has 1 aromatic heterocycles. The van der Waals surface area contributed by atoms with Crippen LogP contribution in [-0.2, 0) is 0 Å². The summed E-state index contributed by atoms with van der Waals surface area (Å²) in [6, 6.07) is 10.0. The Morgan fingerprint density at radius 3 is 2.19 bits per heavy atom. The number of nitrogens with one attached hydrogen (secondary N) is 1. The second-order valence-corrected chi connectivity index (χ2v) is 6.43. The third kappa shape index (κ3) is 3.61. The fraction of sp³-hybridized carbons (Fsp3) is 0.190. The first-order valence-corrected chi connectivity index (χ1v) is 8.34. The number of rotatable bonds is 3. The van der Waals surface area contributed by atoms with Crippen LogP contribution in [0.25, 0.3) is 11.4 Å². The van der Waals surface area contributed by atoms with E-state index in [9.17, 15) is 9.18 Å². The fourth-order valence-corrected chi connectivity index (χ4v) is 2.99. The van der Waals surface area contributed by atoms with E-state index in [1.54, 1.807) is 19.1 Å². The number of carbonyl (C=O) groups is 1. The van der Waals surface area contributed by atoms with Crippen LogP contribution in [0.2, 0.25) is 0 Å². The minimum Gasteiger partial charge on any atom is -0.321 e. The second kappa shape index (κ2) is 7.04. The number of amides is 1. The van der Waals surface area contributed by atoms with E-state index in [4.69, 9.17) is 0 Å². The Balaban J connectivity index is 1.88. The summed E-state index contributed by atoms with van der Waals surface area (Å²) in [4.78, 5) is 21.3. The molecule has 1 amide bonds. The Hall–Kier alpha value is -3.08. The smallest absolute Gasteiger partial charge is 0.259 e. The molecule has 0 bridgehead atoms. The summed E-state index contributed by atoms with van der Waals surface area (Å²) in [5, 5.41) is 2.96. The van der Waals surface area contributed by atoms with E-state index in [1.807, 2.05) is 32.9 Å². The standard InChI is InChI=1S/C21H20FN3O/c1-12-9-13(2)19(14(3)10-12)25-21(26)18-11-23-20(24-15(18)4)16-5-7-17(22)8-6-16/h5-11H,1-4H3,(H,25,26). The topological polar surface area (TPSA) is 54.9 Å². The summed E-state index contributed by atoms with van der Waals surface area (Å²) in [5.74, 6) is -0.102. The van der Waals surface area contributed by atoms with Gasteiger partial charge in [-0.3, -0.25) is 4.79 Å². The van der Waals surface area contributed by atoms with Gasteiger partial charge >= 0.3 is 0 Å². The lowest BCUT2D eigenvalue weighted by atomic mass is 10.0. The van der Waals surface area contributed by atoms with Gasteiger partial charge in [0.25, 0.3) is 5.91 Å². The largest absolute Gasteiger partial charge is 0.321 e. The zero-order valence-electron chi connectivity index (χ0n) is 15.2. The number of carbonyl (C=O) groups excluding carboxylic acids is 1. The van der Waals surface area contributed by atoms with Crippen molar-refractivity contribution in [2.75, 3.05) is 5.32 Å². The molecule has 0 atom stereocenters. The Labute approximate surface area is 152 Å². The molecule has 132 valence electrons. The Bertz CT molecular complexity index is 958. The molecule has 0 fully saturated rings. The maximum Gasteiger partial charge on any atom is 0.259 e. The first kappa shape index (κ1) is 17.7. The third-order valence-corrected chi connectivity index (χ3v) is 4.24. The predicted molar refractivity (Wildman–Crippen MR) is 101 cm³/mol. The molecule has 0 aliphatic rings. The molecule has 26 heavy (non-hydrogen) atoms. The average Bonchev–Trinajstić information content (AvgIpc) is 2.58. The van der Waals surface area contributed by atoms with Gasteiger partial charge in [0.15, 0.2) is 5.82 Å². The number of halogens is 1. The molecule has 0 aliphatic heterocycles. The average molecular weight is 349 g/mol. The van der Waals surface area contributed by atoms with Crippen LogP contribution in [0.3, 0.4) is 0 Å². The van der Waals surface area contributed by atoms with Crippen LogP contribution in [-0.4, -0.2) is 15.9 Å². The molecule has 2 aromatic carbocycles. The first-order chi connectivity index (χ1) is 12.3. The second-order valence-electron chi connectivity index (χ2n) is 6.43. The maximum absolute atomic E-state index is 13.1. The number of nitrogens with zero attached hydrogens (tertiary/aromatic N) is 2. The molecule has 0 spiro atoms. The molecular weight excluding hydrogens is 329 g/mol. The van der Waals surface area contributed by atoms with E-state index in [-0.39, 0.29) is 11.7 Å². The van der Waals surface area contributed by atoms with Crippen LogP contribution in [0.1, 0.15) is 32.7 Å². The summed E-state index contributed by atoms with van der Waals surface area (Å²) < 4.78 is 13.1. The van der Waals surface area contributed by atoms with Crippen LogP contribution in [0.15, 0.2) is 42.6 Å². The van der Waals surface area contributed by atoms with Crippen molar-refractivity contribution >= 4 is 11.6 Å². The molecular formula is C21H20FN3O. The van der Waals surface area contributed by atoms with Crippen molar-refractivity contribution in [2.45, 2.75) is 27.7 Å². The van der Waals surface area contributed by atoms with Gasteiger partial charge in [0, 0.05) is 17.4 Å². The summed E-state index contributed by atoms with van der Waals surface area (Å²) in [6.45, 7) is 7.73. The number of benzene rings is 2. The molecule has 3 rings (SSSR count). The van der Waals surface area contributed by atoms with E-state index >= 15 is 0 Å². The van der Waals surface area contributed by atoms with Gasteiger partial charge in [0.05, 0.1) is 11.3 Å². The van der Waals surface area contributed by atoms with Crippen molar-refractivity contribution < 1.29 is 9.18 Å². The lowest BCUT2D eigenvalue weighted by Gasteiger charge is -2.14.